The van der Waals surface area contributed by atoms with Gasteiger partial charge in [-0.15, -0.1) is 23.2 Å². The third-order valence-electron chi connectivity index (χ3n) is 1.38. The van der Waals surface area contributed by atoms with Crippen molar-refractivity contribution in [1.29, 1.82) is 0 Å². The van der Waals surface area contributed by atoms with Crippen molar-refractivity contribution in [2.45, 2.75) is 24.9 Å². The molecule has 0 aliphatic rings. The molecule has 1 N–H and O–H groups in total. The predicted molar refractivity (Wildman–Crippen MR) is 49.4 cm³/mol. The Balaban J connectivity index is 3.71. The van der Waals surface area contributed by atoms with Gasteiger partial charge in [0.1, 0.15) is 0 Å². The Morgan fingerprint density at radius 3 is 2.58 bits per heavy atom. The Morgan fingerprint density at radius 1 is 1.67 bits per heavy atom. The van der Waals surface area contributed by atoms with Crippen LogP contribution in [0.15, 0.2) is 0 Å². The molecule has 0 bridgehead atoms. The van der Waals surface area contributed by atoms with Crippen molar-refractivity contribution in [3.63, 3.8) is 0 Å². The van der Waals surface area contributed by atoms with E-state index in [1.165, 1.54) is 0 Å². The molecule has 0 heterocycles. The molecule has 0 aromatic heterocycles. The number of hydrogen-bond acceptors (Lipinski definition) is 3. The summed E-state index contributed by atoms with van der Waals surface area (Å²) >= 11 is 11.0. The van der Waals surface area contributed by atoms with Gasteiger partial charge in [0.25, 0.3) is 0 Å². The van der Waals surface area contributed by atoms with Crippen LogP contribution in [0.1, 0.15) is 13.3 Å². The van der Waals surface area contributed by atoms with Crippen molar-refractivity contribution in [2.24, 2.45) is 0 Å². The summed E-state index contributed by atoms with van der Waals surface area (Å²) in [6.07, 6.45) is 0.366. The van der Waals surface area contributed by atoms with Crippen LogP contribution in [0, 0.1) is 10.1 Å². The molecule has 0 aromatic rings. The van der Waals surface area contributed by atoms with Crippen LogP contribution in [0.2, 0.25) is 0 Å². The van der Waals surface area contributed by atoms with E-state index in [4.69, 9.17) is 23.2 Å². The van der Waals surface area contributed by atoms with E-state index in [0.29, 0.717) is 12.3 Å². The van der Waals surface area contributed by atoms with Gasteiger partial charge < -0.3 is 0 Å². The highest BCUT2D eigenvalue weighted by atomic mass is 35.5. The lowest BCUT2D eigenvalue weighted by molar-refractivity contribution is -0.520. The molecule has 12 heavy (non-hydrogen) atoms. The molecule has 0 saturated carbocycles. The van der Waals surface area contributed by atoms with E-state index in [1.54, 1.807) is 6.92 Å². The number of rotatable bonds is 6. The van der Waals surface area contributed by atoms with E-state index >= 15 is 0 Å². The topological polar surface area (TPSA) is 55.2 Å². The minimum absolute atomic E-state index is 0.247. The molecule has 72 valence electrons. The summed E-state index contributed by atoms with van der Waals surface area (Å²) in [6, 6.07) is -0.635. The zero-order chi connectivity index (χ0) is 9.56. The first-order valence-corrected chi connectivity index (χ1v) is 4.62. The van der Waals surface area contributed by atoms with Crippen LogP contribution in [0.4, 0.5) is 0 Å². The molecular weight excluding hydrogens is 203 g/mol. The van der Waals surface area contributed by atoms with Crippen molar-refractivity contribution >= 4 is 23.2 Å². The van der Waals surface area contributed by atoms with E-state index in [1.807, 2.05) is 0 Å². The molecule has 0 aliphatic heterocycles. The molecule has 0 fully saturated rings. The van der Waals surface area contributed by atoms with E-state index in [2.05, 4.69) is 5.32 Å². The third-order valence-corrected chi connectivity index (χ3v) is 1.75. The maximum absolute atomic E-state index is 10.4. The van der Waals surface area contributed by atoms with Crippen LogP contribution in [0.25, 0.3) is 0 Å². The van der Waals surface area contributed by atoms with Crippen molar-refractivity contribution in [2.75, 3.05) is 12.4 Å². The van der Waals surface area contributed by atoms with E-state index in [0.717, 1.165) is 0 Å². The fourth-order valence-electron chi connectivity index (χ4n) is 0.706. The number of alkyl halides is 2. The normalized spacial score (nSPS) is 15.6. The Labute approximate surface area is 81.4 Å². The number of nitro groups is 1. The Kier molecular flexibility index (Phi) is 6.42. The van der Waals surface area contributed by atoms with Crippen LogP contribution in [-0.4, -0.2) is 28.9 Å². The summed E-state index contributed by atoms with van der Waals surface area (Å²) in [6.45, 7) is 1.99. The Bertz CT molecular complexity index is 144. The molecule has 0 amide bonds. The van der Waals surface area contributed by atoms with Crippen LogP contribution in [0.3, 0.4) is 0 Å². The molecule has 4 nitrogen and oxygen atoms in total. The predicted octanol–water partition coefficient (Wildman–Crippen LogP) is 1.44. The Morgan fingerprint density at radius 2 is 2.25 bits per heavy atom. The molecule has 0 radical (unpaired) electrons. The van der Waals surface area contributed by atoms with Gasteiger partial charge in [-0.05, 0) is 6.92 Å². The van der Waals surface area contributed by atoms with Crippen LogP contribution in [-0.2, 0) is 0 Å². The van der Waals surface area contributed by atoms with Crippen LogP contribution >= 0.6 is 23.2 Å². The maximum Gasteiger partial charge on any atom is 0.226 e. The Hall–Kier alpha value is -0.0600. The molecule has 2 unspecified atom stereocenters. The van der Waals surface area contributed by atoms with Crippen molar-refractivity contribution in [3.05, 3.63) is 10.1 Å². The summed E-state index contributed by atoms with van der Waals surface area (Å²) in [5.74, 6) is 0.296. The average Bonchev–Trinajstić information content (AvgIpc) is 1.96. The van der Waals surface area contributed by atoms with Gasteiger partial charge in [-0.2, -0.15) is 0 Å². The van der Waals surface area contributed by atoms with Gasteiger partial charge in [-0.1, -0.05) is 0 Å². The smallest absolute Gasteiger partial charge is 0.226 e. The van der Waals surface area contributed by atoms with Gasteiger partial charge in [-0.25, -0.2) is 0 Å². The quantitative estimate of drug-likeness (QED) is 0.315. The zero-order valence-electron chi connectivity index (χ0n) is 6.80. The highest BCUT2D eigenvalue weighted by molar-refractivity contribution is 6.20. The standard InChI is InChI=1S/C6H12Cl2N2O2/c1-5(8)9-4-6(2-3-7)10(11)12/h5-6,9H,2-4H2,1H3. The van der Waals surface area contributed by atoms with Gasteiger partial charge in [0, 0.05) is 17.2 Å². The maximum atomic E-state index is 10.4. The van der Waals surface area contributed by atoms with Gasteiger partial charge in [0.15, 0.2) is 0 Å². The monoisotopic (exact) mass is 214 g/mol. The lowest BCUT2D eigenvalue weighted by Gasteiger charge is -2.10. The van der Waals surface area contributed by atoms with Crippen molar-refractivity contribution in [1.82, 2.24) is 5.32 Å². The number of halogens is 2. The van der Waals surface area contributed by atoms with Crippen molar-refractivity contribution < 1.29 is 4.92 Å². The second-order valence-corrected chi connectivity index (χ2v) is 3.47. The molecule has 0 rings (SSSR count). The summed E-state index contributed by atoms with van der Waals surface area (Å²) in [7, 11) is 0. The minimum atomic E-state index is -0.635. The van der Waals surface area contributed by atoms with Gasteiger partial charge in [-0.3, -0.25) is 15.4 Å². The molecule has 0 aromatic carbocycles. The summed E-state index contributed by atoms with van der Waals surface area (Å²) in [5, 5.41) is 13.1. The van der Waals surface area contributed by atoms with Crippen LogP contribution in [0.5, 0.6) is 0 Å². The van der Waals surface area contributed by atoms with Gasteiger partial charge in [0.05, 0.1) is 12.0 Å². The highest BCUT2D eigenvalue weighted by Crippen LogP contribution is 1.99. The summed E-state index contributed by atoms with van der Waals surface area (Å²) < 4.78 is 0. The van der Waals surface area contributed by atoms with Gasteiger partial charge >= 0.3 is 0 Å². The average molecular weight is 215 g/mol. The molecular formula is C6H12Cl2N2O2. The van der Waals surface area contributed by atoms with Crippen molar-refractivity contribution in [3.8, 4) is 0 Å². The highest BCUT2D eigenvalue weighted by Gasteiger charge is 2.18. The molecule has 2 atom stereocenters. The second-order valence-electron chi connectivity index (χ2n) is 2.44. The van der Waals surface area contributed by atoms with E-state index < -0.39 is 6.04 Å². The van der Waals surface area contributed by atoms with E-state index in [-0.39, 0.29) is 17.0 Å². The SMILES string of the molecule is CC(Cl)NCC(CCCl)[N+](=O)[O-]. The molecule has 0 spiro atoms. The second kappa shape index (κ2) is 6.46. The summed E-state index contributed by atoms with van der Waals surface area (Å²) in [4.78, 5) is 10.0. The summed E-state index contributed by atoms with van der Waals surface area (Å²) in [5.41, 5.74) is -0.247. The number of nitrogens with zero attached hydrogens (tertiary/aromatic N) is 1. The van der Waals surface area contributed by atoms with Gasteiger partial charge in [0.2, 0.25) is 6.04 Å². The largest absolute Gasteiger partial charge is 0.295 e. The first-order valence-electron chi connectivity index (χ1n) is 3.64. The fourth-order valence-corrected chi connectivity index (χ4v) is 1.05. The first kappa shape index (κ1) is 11.9. The fraction of sp³-hybridized carbons (Fsp3) is 1.00. The molecule has 6 heteroatoms. The number of nitrogens with one attached hydrogen (secondary N) is 1. The molecule has 0 saturated heterocycles. The first-order chi connectivity index (χ1) is 5.57. The number of hydrogen-bond donors (Lipinski definition) is 1. The minimum Gasteiger partial charge on any atom is -0.295 e. The third kappa shape index (κ3) is 5.57. The lowest BCUT2D eigenvalue weighted by atomic mass is 10.2. The van der Waals surface area contributed by atoms with E-state index in [9.17, 15) is 10.1 Å². The lowest BCUT2D eigenvalue weighted by Crippen LogP contribution is -2.35. The van der Waals surface area contributed by atoms with Crippen LogP contribution < -0.4 is 5.32 Å². The zero-order valence-corrected chi connectivity index (χ0v) is 8.31. The molecule has 0 aliphatic carbocycles.